The summed E-state index contributed by atoms with van der Waals surface area (Å²) >= 11 is 0. The number of nitrogens with zero attached hydrogens (tertiary/aromatic N) is 2. The highest BCUT2D eigenvalue weighted by molar-refractivity contribution is 6.21. The highest BCUT2D eigenvalue weighted by Gasteiger charge is 2.35. The summed E-state index contributed by atoms with van der Waals surface area (Å²) in [5, 5.41) is 5.27. The van der Waals surface area contributed by atoms with Gasteiger partial charge in [0.05, 0.1) is 11.1 Å². The SMILES string of the molecule is CC(C)(C)OC(=O)NCC(=O)NC1CCN(C(=O)CCN2C(=O)c3ccccc3C2=O)CC1. The summed E-state index contributed by atoms with van der Waals surface area (Å²) in [4.78, 5) is 63.9. The first-order valence-electron chi connectivity index (χ1n) is 11.0. The van der Waals surface area contributed by atoms with E-state index < -0.39 is 11.7 Å². The Balaban J connectivity index is 1.37. The number of fused-ring (bicyclic) bond motifs is 1. The highest BCUT2D eigenvalue weighted by Crippen LogP contribution is 2.22. The summed E-state index contributed by atoms with van der Waals surface area (Å²) in [7, 11) is 0. The quantitative estimate of drug-likeness (QED) is 0.619. The first-order valence-corrected chi connectivity index (χ1v) is 11.0. The molecule has 0 saturated carbocycles. The number of nitrogens with one attached hydrogen (secondary N) is 2. The third kappa shape index (κ3) is 6.30. The predicted octanol–water partition coefficient (Wildman–Crippen LogP) is 1.30. The second-order valence-corrected chi connectivity index (χ2v) is 9.14. The third-order valence-electron chi connectivity index (χ3n) is 5.43. The minimum Gasteiger partial charge on any atom is -0.444 e. The van der Waals surface area contributed by atoms with E-state index in [1.807, 2.05) is 0 Å². The van der Waals surface area contributed by atoms with Gasteiger partial charge in [-0.15, -0.1) is 0 Å². The van der Waals surface area contributed by atoms with Crippen LogP contribution < -0.4 is 10.6 Å². The van der Waals surface area contributed by atoms with Gasteiger partial charge in [-0.1, -0.05) is 12.1 Å². The summed E-state index contributed by atoms with van der Waals surface area (Å²) in [5.74, 6) is -1.20. The maximum atomic E-state index is 12.6. The molecule has 0 atom stereocenters. The van der Waals surface area contributed by atoms with Crippen molar-refractivity contribution < 1.29 is 28.7 Å². The van der Waals surface area contributed by atoms with Crippen LogP contribution in [0, 0.1) is 0 Å². The third-order valence-corrected chi connectivity index (χ3v) is 5.43. The molecule has 0 spiro atoms. The molecule has 10 nitrogen and oxygen atoms in total. The van der Waals surface area contributed by atoms with Crippen molar-refractivity contribution in [2.75, 3.05) is 26.2 Å². The minimum absolute atomic E-state index is 0.0399. The van der Waals surface area contributed by atoms with Crippen LogP contribution in [-0.2, 0) is 14.3 Å². The smallest absolute Gasteiger partial charge is 0.408 e. The summed E-state index contributed by atoms with van der Waals surface area (Å²) in [6.07, 6.45) is 0.562. The zero-order valence-corrected chi connectivity index (χ0v) is 19.2. The molecule has 5 amide bonds. The van der Waals surface area contributed by atoms with Gasteiger partial charge in [0.15, 0.2) is 0 Å². The molecule has 1 fully saturated rings. The zero-order chi connectivity index (χ0) is 24.2. The van der Waals surface area contributed by atoms with Crippen molar-refractivity contribution in [2.45, 2.75) is 51.7 Å². The van der Waals surface area contributed by atoms with E-state index in [2.05, 4.69) is 10.6 Å². The largest absolute Gasteiger partial charge is 0.444 e. The monoisotopic (exact) mass is 458 g/mol. The average molecular weight is 459 g/mol. The molecule has 0 unspecified atom stereocenters. The number of rotatable bonds is 6. The van der Waals surface area contributed by atoms with Crippen molar-refractivity contribution in [1.82, 2.24) is 20.4 Å². The molecule has 2 N–H and O–H groups in total. The van der Waals surface area contributed by atoms with Gasteiger partial charge in [-0.2, -0.15) is 0 Å². The maximum Gasteiger partial charge on any atom is 0.408 e. The van der Waals surface area contributed by atoms with Crippen LogP contribution in [0.1, 0.15) is 60.7 Å². The van der Waals surface area contributed by atoms with Crippen LogP contribution in [0.15, 0.2) is 24.3 Å². The molecule has 2 heterocycles. The van der Waals surface area contributed by atoms with E-state index >= 15 is 0 Å². The van der Waals surface area contributed by atoms with E-state index in [-0.39, 0.29) is 49.2 Å². The lowest BCUT2D eigenvalue weighted by atomic mass is 10.0. The number of likely N-dealkylation sites (tertiary alicyclic amines) is 1. The molecule has 0 aliphatic carbocycles. The standard InChI is InChI=1S/C23H30N4O6/c1-23(2,3)33-22(32)24-14-18(28)25-15-8-11-26(12-9-15)19(29)10-13-27-20(30)16-6-4-5-7-17(16)21(27)31/h4-7,15H,8-14H2,1-3H3,(H,24,32)(H,25,28). The number of hydrogen-bond acceptors (Lipinski definition) is 6. The molecule has 0 radical (unpaired) electrons. The highest BCUT2D eigenvalue weighted by atomic mass is 16.6. The van der Waals surface area contributed by atoms with Gasteiger partial charge in [-0.25, -0.2) is 4.79 Å². The number of carbonyl (C=O) groups excluding carboxylic acids is 5. The Hall–Kier alpha value is -3.43. The van der Waals surface area contributed by atoms with Gasteiger partial charge < -0.3 is 20.3 Å². The van der Waals surface area contributed by atoms with Gasteiger partial charge in [0, 0.05) is 32.1 Å². The molecule has 33 heavy (non-hydrogen) atoms. The Bertz CT molecular complexity index is 912. The number of piperidine rings is 1. The topological polar surface area (TPSA) is 125 Å². The van der Waals surface area contributed by atoms with Crippen LogP contribution in [0.4, 0.5) is 4.79 Å². The van der Waals surface area contributed by atoms with E-state index in [1.54, 1.807) is 49.9 Å². The van der Waals surface area contributed by atoms with Crippen molar-refractivity contribution >= 4 is 29.7 Å². The lowest BCUT2D eigenvalue weighted by Crippen LogP contribution is -2.49. The average Bonchev–Trinajstić information content (AvgIpc) is 3.00. The van der Waals surface area contributed by atoms with Gasteiger partial charge in [-0.3, -0.25) is 24.1 Å². The van der Waals surface area contributed by atoms with Crippen LogP contribution in [0.2, 0.25) is 0 Å². The molecule has 1 aromatic carbocycles. The number of ether oxygens (including phenoxy) is 1. The number of hydrogen-bond donors (Lipinski definition) is 2. The Kier molecular flexibility index (Phi) is 7.35. The van der Waals surface area contributed by atoms with Gasteiger partial charge in [0.2, 0.25) is 11.8 Å². The van der Waals surface area contributed by atoms with Crippen molar-refractivity contribution in [1.29, 1.82) is 0 Å². The molecule has 1 aromatic rings. The molecule has 178 valence electrons. The molecule has 1 saturated heterocycles. The second kappa shape index (κ2) is 10.0. The van der Waals surface area contributed by atoms with Gasteiger partial charge >= 0.3 is 6.09 Å². The Morgan fingerprint density at radius 3 is 2.15 bits per heavy atom. The number of imide groups is 1. The predicted molar refractivity (Wildman–Crippen MR) is 118 cm³/mol. The lowest BCUT2D eigenvalue weighted by molar-refractivity contribution is -0.132. The van der Waals surface area contributed by atoms with Crippen molar-refractivity contribution in [3.8, 4) is 0 Å². The molecule has 0 bridgehead atoms. The molecular weight excluding hydrogens is 428 g/mol. The normalized spacial score (nSPS) is 16.5. The summed E-state index contributed by atoms with van der Waals surface area (Å²) in [6, 6.07) is 6.53. The van der Waals surface area contributed by atoms with E-state index in [0.717, 1.165) is 4.90 Å². The van der Waals surface area contributed by atoms with Crippen LogP contribution in [0.25, 0.3) is 0 Å². The first-order chi connectivity index (χ1) is 15.5. The molecule has 10 heteroatoms. The Labute approximate surface area is 192 Å². The van der Waals surface area contributed by atoms with E-state index in [0.29, 0.717) is 37.1 Å². The number of alkyl carbamates (subject to hydrolysis) is 1. The first kappa shape index (κ1) is 24.2. The van der Waals surface area contributed by atoms with Gasteiger partial charge in [0.1, 0.15) is 12.1 Å². The Morgan fingerprint density at radius 2 is 1.61 bits per heavy atom. The molecule has 3 rings (SSSR count). The minimum atomic E-state index is -0.656. The molecule has 2 aliphatic heterocycles. The molecule has 0 aromatic heterocycles. The van der Waals surface area contributed by atoms with Gasteiger partial charge in [0.25, 0.3) is 11.8 Å². The lowest BCUT2D eigenvalue weighted by Gasteiger charge is -2.32. The fraction of sp³-hybridized carbons (Fsp3) is 0.522. The summed E-state index contributed by atoms with van der Waals surface area (Å²) in [6.45, 7) is 5.99. The summed E-state index contributed by atoms with van der Waals surface area (Å²) in [5.41, 5.74) is 0.0968. The maximum absolute atomic E-state index is 12.6. The fourth-order valence-corrected chi connectivity index (χ4v) is 3.83. The van der Waals surface area contributed by atoms with E-state index in [9.17, 15) is 24.0 Å². The van der Waals surface area contributed by atoms with Crippen molar-refractivity contribution in [3.05, 3.63) is 35.4 Å². The number of amides is 5. The van der Waals surface area contributed by atoms with E-state index in [4.69, 9.17) is 4.74 Å². The molecule has 2 aliphatic rings. The summed E-state index contributed by atoms with van der Waals surface area (Å²) < 4.78 is 5.09. The van der Waals surface area contributed by atoms with Crippen LogP contribution in [0.5, 0.6) is 0 Å². The van der Waals surface area contributed by atoms with Crippen LogP contribution >= 0.6 is 0 Å². The van der Waals surface area contributed by atoms with Gasteiger partial charge in [-0.05, 0) is 45.7 Å². The second-order valence-electron chi connectivity index (χ2n) is 9.14. The number of carbonyl (C=O) groups is 5. The van der Waals surface area contributed by atoms with Crippen molar-refractivity contribution in [3.63, 3.8) is 0 Å². The number of benzene rings is 1. The Morgan fingerprint density at radius 1 is 1.03 bits per heavy atom. The van der Waals surface area contributed by atoms with E-state index in [1.165, 1.54) is 0 Å². The molecular formula is C23H30N4O6. The van der Waals surface area contributed by atoms with Crippen LogP contribution in [-0.4, -0.2) is 77.3 Å². The van der Waals surface area contributed by atoms with Crippen LogP contribution in [0.3, 0.4) is 0 Å². The fourth-order valence-electron chi connectivity index (χ4n) is 3.83. The zero-order valence-electron chi connectivity index (χ0n) is 19.2. The van der Waals surface area contributed by atoms with Crippen molar-refractivity contribution in [2.24, 2.45) is 0 Å².